The van der Waals surface area contributed by atoms with Gasteiger partial charge in [0.2, 0.25) is 5.91 Å². The van der Waals surface area contributed by atoms with Crippen LogP contribution in [-0.4, -0.2) is 55.4 Å². The summed E-state index contributed by atoms with van der Waals surface area (Å²) in [4.78, 5) is 39.8. The van der Waals surface area contributed by atoms with Crippen molar-refractivity contribution in [3.05, 3.63) is 29.3 Å². The van der Waals surface area contributed by atoms with E-state index >= 15 is 0 Å². The smallest absolute Gasteiger partial charge is 0.309 e. The van der Waals surface area contributed by atoms with Gasteiger partial charge in [-0.1, -0.05) is 24.4 Å². The van der Waals surface area contributed by atoms with E-state index in [4.69, 9.17) is 30.5 Å². The zero-order chi connectivity index (χ0) is 30.0. The molecule has 2 rings (SSSR count). The molecule has 9 heteroatoms. The number of esters is 2. The molecule has 0 aliphatic heterocycles. The van der Waals surface area contributed by atoms with Crippen LogP contribution in [0.1, 0.15) is 92.9 Å². The van der Waals surface area contributed by atoms with E-state index in [2.05, 4.69) is 5.32 Å². The Morgan fingerprint density at radius 1 is 0.925 bits per heavy atom. The van der Waals surface area contributed by atoms with E-state index in [1.54, 1.807) is 31.4 Å². The Morgan fingerprint density at radius 2 is 1.52 bits per heavy atom. The van der Waals surface area contributed by atoms with Crippen LogP contribution in [0.4, 0.5) is 0 Å². The van der Waals surface area contributed by atoms with Crippen LogP contribution < -0.4 is 10.1 Å². The normalized spacial score (nSPS) is 16.6. The Kier molecular flexibility index (Phi) is 12.8. The molecule has 1 saturated carbocycles. The van der Waals surface area contributed by atoms with Gasteiger partial charge in [0.15, 0.2) is 0 Å². The predicted molar refractivity (Wildman–Crippen MR) is 155 cm³/mol. The van der Waals surface area contributed by atoms with Crippen molar-refractivity contribution in [2.24, 2.45) is 11.3 Å². The molecule has 0 heterocycles. The van der Waals surface area contributed by atoms with Gasteiger partial charge in [0, 0.05) is 31.2 Å². The number of halogens is 1. The number of nitrogens with one attached hydrogen (secondary N) is 1. The maximum absolute atomic E-state index is 13.9. The van der Waals surface area contributed by atoms with Crippen LogP contribution in [0.25, 0.3) is 0 Å². The van der Waals surface area contributed by atoms with Gasteiger partial charge in [-0.2, -0.15) is 0 Å². The van der Waals surface area contributed by atoms with Crippen LogP contribution in [0.15, 0.2) is 24.3 Å². The summed E-state index contributed by atoms with van der Waals surface area (Å²) in [7, 11) is 1.59. The Morgan fingerprint density at radius 3 is 2.08 bits per heavy atom. The standard InChI is InChI=1S/C31H48ClNO7/c1-29(2,3)39-26(34)20-24(15-19-38-25-12-10-23(32)11-13-25)33-28(36)31(16-8-9-17-31)21-22(14-18-37-7)27(35)40-30(4,5)6/h10-13,22,24H,8-9,14-21H2,1-7H3,(H,33,36). The Labute approximate surface area is 244 Å². The number of methoxy groups -OCH3 is 1. The number of amides is 1. The molecule has 8 nitrogen and oxygen atoms in total. The maximum Gasteiger partial charge on any atom is 0.309 e. The lowest BCUT2D eigenvalue weighted by molar-refractivity contribution is -0.162. The van der Waals surface area contributed by atoms with Gasteiger partial charge in [-0.3, -0.25) is 14.4 Å². The molecule has 0 bridgehead atoms. The van der Waals surface area contributed by atoms with E-state index in [9.17, 15) is 14.4 Å². The van der Waals surface area contributed by atoms with E-state index < -0.39 is 34.5 Å². The average Bonchev–Trinajstić information content (AvgIpc) is 3.30. The van der Waals surface area contributed by atoms with Crippen LogP contribution in [0.2, 0.25) is 5.02 Å². The van der Waals surface area contributed by atoms with Crippen molar-refractivity contribution in [3.63, 3.8) is 0 Å². The minimum absolute atomic E-state index is 0.0161. The number of carbonyl (C=O) groups is 3. The second-order valence-electron chi connectivity index (χ2n) is 12.8. The number of benzene rings is 1. The third-order valence-electron chi connectivity index (χ3n) is 6.81. The number of ether oxygens (including phenoxy) is 4. The molecule has 1 aliphatic rings. The van der Waals surface area contributed by atoms with Gasteiger partial charge in [-0.25, -0.2) is 0 Å². The highest BCUT2D eigenvalue weighted by Gasteiger charge is 2.45. The second-order valence-corrected chi connectivity index (χ2v) is 13.2. The summed E-state index contributed by atoms with van der Waals surface area (Å²) >= 11 is 5.96. The van der Waals surface area contributed by atoms with Gasteiger partial charge in [-0.15, -0.1) is 0 Å². The molecule has 0 radical (unpaired) electrons. The average molecular weight is 582 g/mol. The topological polar surface area (TPSA) is 100 Å². The molecule has 226 valence electrons. The van der Waals surface area contributed by atoms with Crippen LogP contribution >= 0.6 is 11.6 Å². The van der Waals surface area contributed by atoms with Crippen molar-refractivity contribution in [1.82, 2.24) is 5.32 Å². The summed E-state index contributed by atoms with van der Waals surface area (Å²) in [5, 5.41) is 3.75. The molecule has 1 amide bonds. The van der Waals surface area contributed by atoms with Gasteiger partial charge < -0.3 is 24.3 Å². The van der Waals surface area contributed by atoms with Crippen molar-refractivity contribution in [2.45, 2.75) is 110 Å². The first kappa shape index (κ1) is 33.9. The van der Waals surface area contributed by atoms with Crippen LogP contribution in [0, 0.1) is 11.3 Å². The number of hydrogen-bond donors (Lipinski definition) is 1. The largest absolute Gasteiger partial charge is 0.494 e. The SMILES string of the molecule is COCCC(CC1(C(=O)NC(CCOc2ccc(Cl)cc2)CC(=O)OC(C)(C)C)CCCC1)C(=O)OC(C)(C)C. The fraction of sp³-hybridized carbons (Fsp3) is 0.710. The summed E-state index contributed by atoms with van der Waals surface area (Å²) in [5.74, 6) is -0.671. The van der Waals surface area contributed by atoms with Crippen LogP contribution in [-0.2, 0) is 28.6 Å². The number of carbonyl (C=O) groups excluding carboxylic acids is 3. The van der Waals surface area contributed by atoms with Crippen molar-refractivity contribution >= 4 is 29.4 Å². The first-order chi connectivity index (χ1) is 18.6. The third-order valence-corrected chi connectivity index (χ3v) is 7.06. The Balaban J connectivity index is 2.19. The van der Waals surface area contributed by atoms with E-state index in [1.165, 1.54) is 0 Å². The summed E-state index contributed by atoms with van der Waals surface area (Å²) in [6, 6.07) is 6.53. The van der Waals surface area contributed by atoms with Gasteiger partial charge in [0.05, 0.1) is 24.4 Å². The minimum Gasteiger partial charge on any atom is -0.494 e. The Hall–Kier alpha value is -2.32. The van der Waals surface area contributed by atoms with Crippen molar-refractivity contribution < 1.29 is 33.3 Å². The lowest BCUT2D eigenvalue weighted by Crippen LogP contribution is -2.47. The van der Waals surface area contributed by atoms with Gasteiger partial charge in [-0.05, 0) is 91.5 Å². The molecular formula is C31H48ClNO7. The van der Waals surface area contributed by atoms with Crippen molar-refractivity contribution in [2.75, 3.05) is 20.3 Å². The second kappa shape index (κ2) is 15.1. The maximum atomic E-state index is 13.9. The fourth-order valence-corrected chi connectivity index (χ4v) is 5.12. The van der Waals surface area contributed by atoms with E-state index in [1.807, 2.05) is 41.5 Å². The van der Waals surface area contributed by atoms with Crippen LogP contribution in [0.3, 0.4) is 0 Å². The highest BCUT2D eigenvalue weighted by atomic mass is 35.5. The molecular weight excluding hydrogens is 534 g/mol. The first-order valence-corrected chi connectivity index (χ1v) is 14.6. The highest BCUT2D eigenvalue weighted by Crippen LogP contribution is 2.44. The van der Waals surface area contributed by atoms with Crippen molar-refractivity contribution in [1.29, 1.82) is 0 Å². The minimum atomic E-state index is -0.724. The third kappa shape index (κ3) is 12.0. The summed E-state index contributed by atoms with van der Waals surface area (Å²) in [5.41, 5.74) is -1.99. The van der Waals surface area contributed by atoms with E-state index in [-0.39, 0.29) is 24.9 Å². The monoisotopic (exact) mass is 581 g/mol. The molecule has 40 heavy (non-hydrogen) atoms. The molecule has 1 fully saturated rings. The van der Waals surface area contributed by atoms with Gasteiger partial charge in [0.25, 0.3) is 0 Å². The zero-order valence-electron chi connectivity index (χ0n) is 25.3. The summed E-state index contributed by atoms with van der Waals surface area (Å²) < 4.78 is 22.4. The lowest BCUT2D eigenvalue weighted by Gasteiger charge is -2.34. The molecule has 1 N–H and O–H groups in total. The summed E-state index contributed by atoms with van der Waals surface area (Å²) in [6.45, 7) is 11.6. The Bertz CT molecular complexity index is 959. The van der Waals surface area contributed by atoms with Crippen molar-refractivity contribution in [3.8, 4) is 5.75 Å². The molecule has 2 unspecified atom stereocenters. The summed E-state index contributed by atoms with van der Waals surface area (Å²) in [6.07, 6.45) is 4.40. The molecule has 0 saturated heterocycles. The first-order valence-electron chi connectivity index (χ1n) is 14.3. The highest BCUT2D eigenvalue weighted by molar-refractivity contribution is 6.30. The number of rotatable bonds is 14. The quantitative estimate of drug-likeness (QED) is 0.258. The molecule has 2 atom stereocenters. The molecule has 1 aliphatic carbocycles. The molecule has 1 aromatic carbocycles. The predicted octanol–water partition coefficient (Wildman–Crippen LogP) is 6.27. The van der Waals surface area contributed by atoms with E-state index in [0.717, 1.165) is 12.8 Å². The van der Waals surface area contributed by atoms with E-state index in [0.29, 0.717) is 49.5 Å². The molecule has 0 aromatic heterocycles. The fourth-order valence-electron chi connectivity index (χ4n) is 4.99. The molecule has 1 aromatic rings. The van der Waals surface area contributed by atoms with Gasteiger partial charge >= 0.3 is 11.9 Å². The molecule has 0 spiro atoms. The number of hydrogen-bond acceptors (Lipinski definition) is 7. The van der Waals surface area contributed by atoms with Crippen LogP contribution in [0.5, 0.6) is 5.75 Å². The zero-order valence-corrected chi connectivity index (χ0v) is 26.0. The van der Waals surface area contributed by atoms with Gasteiger partial charge in [0.1, 0.15) is 17.0 Å². The lowest BCUT2D eigenvalue weighted by atomic mass is 9.75.